The quantitative estimate of drug-likeness (QED) is 0.697. The molecule has 1 atom stereocenters. The highest BCUT2D eigenvalue weighted by Gasteiger charge is 2.40. The number of fused-ring (bicyclic) bond motifs is 1. The van der Waals surface area contributed by atoms with Crippen molar-refractivity contribution in [2.45, 2.75) is 31.8 Å². The van der Waals surface area contributed by atoms with E-state index >= 15 is 0 Å². The normalized spacial score (nSPS) is 26.4. The van der Waals surface area contributed by atoms with Gasteiger partial charge in [-0.3, -0.25) is 0 Å². The maximum atomic E-state index is 10.2. The zero-order valence-electron chi connectivity index (χ0n) is 7.71. The molecule has 2 rings (SSSR count). The first-order valence-corrected chi connectivity index (χ1v) is 4.55. The molecular weight excluding hydrogens is 168 g/mol. The third-order valence-electron chi connectivity index (χ3n) is 2.72. The van der Waals surface area contributed by atoms with Crippen molar-refractivity contribution in [2.24, 2.45) is 5.73 Å². The molecule has 0 saturated carbocycles. The summed E-state index contributed by atoms with van der Waals surface area (Å²) in [5, 5.41) is 14.1. The number of aromatic nitrogens is 1. The Hall–Kier alpha value is -0.870. The van der Waals surface area contributed by atoms with Crippen LogP contribution in [0, 0.1) is 6.92 Å². The fraction of sp³-hybridized carbons (Fsp3) is 0.667. The van der Waals surface area contributed by atoms with Gasteiger partial charge in [-0.15, -0.1) is 0 Å². The van der Waals surface area contributed by atoms with Crippen molar-refractivity contribution >= 4 is 0 Å². The average Bonchev–Trinajstić information content (AvgIpc) is 2.58. The Bertz CT molecular complexity index is 321. The molecule has 1 aliphatic carbocycles. The van der Waals surface area contributed by atoms with Gasteiger partial charge in [-0.1, -0.05) is 5.16 Å². The molecule has 0 bridgehead atoms. The molecule has 1 aromatic heterocycles. The van der Waals surface area contributed by atoms with Crippen LogP contribution in [0.5, 0.6) is 0 Å². The van der Waals surface area contributed by atoms with E-state index < -0.39 is 5.60 Å². The largest absolute Gasteiger partial charge is 0.385 e. The highest BCUT2D eigenvalue weighted by atomic mass is 16.5. The maximum Gasteiger partial charge on any atom is 0.143 e. The van der Waals surface area contributed by atoms with E-state index in [0.29, 0.717) is 19.4 Å². The maximum absolute atomic E-state index is 10.2. The Kier molecular flexibility index (Phi) is 1.89. The Morgan fingerprint density at radius 3 is 3.15 bits per heavy atom. The monoisotopic (exact) mass is 182 g/mol. The van der Waals surface area contributed by atoms with Gasteiger partial charge >= 0.3 is 0 Å². The van der Waals surface area contributed by atoms with Crippen molar-refractivity contribution in [3.8, 4) is 0 Å². The van der Waals surface area contributed by atoms with E-state index in [1.165, 1.54) is 0 Å². The predicted octanol–water partition coefficient (Wildman–Crippen LogP) is 0.466. The van der Waals surface area contributed by atoms with E-state index in [9.17, 15) is 5.11 Å². The van der Waals surface area contributed by atoms with Crippen LogP contribution in [-0.2, 0) is 12.0 Å². The van der Waals surface area contributed by atoms with Gasteiger partial charge in [0.15, 0.2) is 0 Å². The summed E-state index contributed by atoms with van der Waals surface area (Å²) in [5.41, 5.74) is 6.34. The minimum atomic E-state index is -0.784. The van der Waals surface area contributed by atoms with Crippen molar-refractivity contribution in [1.29, 1.82) is 0 Å². The van der Waals surface area contributed by atoms with Crippen LogP contribution in [0.15, 0.2) is 4.52 Å². The first-order chi connectivity index (χ1) is 6.17. The van der Waals surface area contributed by atoms with E-state index in [2.05, 4.69) is 5.16 Å². The van der Waals surface area contributed by atoms with Crippen LogP contribution in [0.4, 0.5) is 0 Å². The number of nitrogens with two attached hydrogens (primary N) is 1. The van der Waals surface area contributed by atoms with E-state index in [-0.39, 0.29) is 0 Å². The molecule has 1 unspecified atom stereocenters. The molecule has 0 aliphatic heterocycles. The highest BCUT2D eigenvalue weighted by Crippen LogP contribution is 2.40. The van der Waals surface area contributed by atoms with Crippen molar-refractivity contribution in [1.82, 2.24) is 5.16 Å². The topological polar surface area (TPSA) is 72.3 Å². The molecule has 0 fully saturated rings. The van der Waals surface area contributed by atoms with Crippen LogP contribution < -0.4 is 5.73 Å². The van der Waals surface area contributed by atoms with Crippen LogP contribution in [0.1, 0.15) is 29.9 Å². The second kappa shape index (κ2) is 2.82. The Balaban J connectivity index is 2.40. The first kappa shape index (κ1) is 8.72. The standard InChI is InChI=1S/C9H14N2O2/c1-6-8-7(13-11-6)2-3-9(8,12)4-5-10/h12H,2-5,10H2,1H3. The van der Waals surface area contributed by atoms with Crippen molar-refractivity contribution in [3.63, 3.8) is 0 Å². The van der Waals surface area contributed by atoms with E-state index in [1.807, 2.05) is 6.92 Å². The number of rotatable bonds is 2. The zero-order valence-corrected chi connectivity index (χ0v) is 7.71. The van der Waals surface area contributed by atoms with Gasteiger partial charge in [0, 0.05) is 12.0 Å². The summed E-state index contributed by atoms with van der Waals surface area (Å²) in [6.45, 7) is 2.34. The third-order valence-corrected chi connectivity index (χ3v) is 2.72. The first-order valence-electron chi connectivity index (χ1n) is 4.55. The molecule has 1 heterocycles. The van der Waals surface area contributed by atoms with E-state index in [4.69, 9.17) is 10.3 Å². The van der Waals surface area contributed by atoms with E-state index in [1.54, 1.807) is 0 Å². The number of aryl methyl sites for hydroxylation is 2. The fourth-order valence-corrected chi connectivity index (χ4v) is 2.12. The van der Waals surface area contributed by atoms with Gasteiger partial charge in [0.1, 0.15) is 5.76 Å². The van der Waals surface area contributed by atoms with Crippen LogP contribution in [0.2, 0.25) is 0 Å². The molecule has 3 N–H and O–H groups in total. The van der Waals surface area contributed by atoms with Crippen molar-refractivity contribution in [2.75, 3.05) is 6.54 Å². The van der Waals surface area contributed by atoms with Gasteiger partial charge in [0.2, 0.25) is 0 Å². The lowest BCUT2D eigenvalue weighted by molar-refractivity contribution is 0.0312. The van der Waals surface area contributed by atoms with Crippen molar-refractivity contribution in [3.05, 3.63) is 17.0 Å². The fourth-order valence-electron chi connectivity index (χ4n) is 2.12. The Morgan fingerprint density at radius 1 is 1.69 bits per heavy atom. The van der Waals surface area contributed by atoms with Gasteiger partial charge in [0.25, 0.3) is 0 Å². The second-order valence-corrected chi connectivity index (χ2v) is 3.64. The molecule has 13 heavy (non-hydrogen) atoms. The molecule has 4 heteroatoms. The van der Waals surface area contributed by atoms with Gasteiger partial charge in [-0.05, 0) is 26.3 Å². The summed E-state index contributed by atoms with van der Waals surface area (Å²) < 4.78 is 5.10. The smallest absolute Gasteiger partial charge is 0.143 e. The van der Waals surface area contributed by atoms with Gasteiger partial charge in [-0.25, -0.2) is 0 Å². The highest BCUT2D eigenvalue weighted by molar-refractivity contribution is 5.33. The van der Waals surface area contributed by atoms with Crippen LogP contribution in [-0.4, -0.2) is 16.8 Å². The van der Waals surface area contributed by atoms with Gasteiger partial charge < -0.3 is 15.4 Å². The van der Waals surface area contributed by atoms with E-state index in [0.717, 1.165) is 23.4 Å². The lowest BCUT2D eigenvalue weighted by Gasteiger charge is -2.21. The average molecular weight is 182 g/mol. The molecule has 72 valence electrons. The van der Waals surface area contributed by atoms with Gasteiger partial charge in [-0.2, -0.15) is 0 Å². The number of nitrogens with zero attached hydrogens (tertiary/aromatic N) is 1. The van der Waals surface area contributed by atoms with Gasteiger partial charge in [0.05, 0.1) is 11.3 Å². The van der Waals surface area contributed by atoms with Crippen LogP contribution in [0.25, 0.3) is 0 Å². The SMILES string of the molecule is Cc1noc2c1C(O)(CCN)CC2. The summed E-state index contributed by atoms with van der Waals surface area (Å²) in [7, 11) is 0. The molecule has 0 aromatic carbocycles. The number of hydrogen-bond donors (Lipinski definition) is 2. The number of hydrogen-bond acceptors (Lipinski definition) is 4. The summed E-state index contributed by atoms with van der Waals surface area (Å²) in [4.78, 5) is 0. The summed E-state index contributed by atoms with van der Waals surface area (Å²) in [6.07, 6.45) is 2.07. The minimum absolute atomic E-state index is 0.487. The second-order valence-electron chi connectivity index (χ2n) is 3.64. The summed E-state index contributed by atoms with van der Waals surface area (Å²) in [5.74, 6) is 0.827. The molecule has 4 nitrogen and oxygen atoms in total. The molecule has 0 spiro atoms. The summed E-state index contributed by atoms with van der Waals surface area (Å²) >= 11 is 0. The van der Waals surface area contributed by atoms with Crippen LogP contribution >= 0.6 is 0 Å². The lowest BCUT2D eigenvalue weighted by atomic mass is 9.92. The third kappa shape index (κ3) is 1.17. The van der Waals surface area contributed by atoms with Crippen LogP contribution in [0.3, 0.4) is 0 Å². The molecule has 0 radical (unpaired) electrons. The predicted molar refractivity (Wildman–Crippen MR) is 47.1 cm³/mol. The van der Waals surface area contributed by atoms with Crippen molar-refractivity contribution < 1.29 is 9.63 Å². The summed E-state index contributed by atoms with van der Waals surface area (Å²) in [6, 6.07) is 0. The molecule has 1 aliphatic rings. The molecular formula is C9H14N2O2. The zero-order chi connectivity index (χ0) is 9.47. The number of aliphatic hydroxyl groups is 1. The molecule has 1 aromatic rings. The lowest BCUT2D eigenvalue weighted by Crippen LogP contribution is -2.26. The molecule has 0 saturated heterocycles. The Morgan fingerprint density at radius 2 is 2.46 bits per heavy atom. The Labute approximate surface area is 76.7 Å². The molecule has 0 amide bonds. The minimum Gasteiger partial charge on any atom is -0.385 e.